The second-order valence-corrected chi connectivity index (χ2v) is 6.49. The minimum absolute atomic E-state index is 0.164. The predicted molar refractivity (Wildman–Crippen MR) is 71.1 cm³/mol. The number of ether oxygens (including phenoxy) is 1. The summed E-state index contributed by atoms with van der Waals surface area (Å²) in [6.45, 7) is 5.04. The molecule has 2 aliphatic heterocycles. The van der Waals surface area contributed by atoms with E-state index in [0.29, 0.717) is 19.1 Å². The van der Waals surface area contributed by atoms with Gasteiger partial charge in [0.2, 0.25) is 5.91 Å². The summed E-state index contributed by atoms with van der Waals surface area (Å²) in [5.41, 5.74) is 5.74. The Kier molecular flexibility index (Phi) is 4.28. The average molecular weight is 254 g/mol. The first kappa shape index (κ1) is 13.8. The molecule has 2 aliphatic rings. The third-order valence-corrected chi connectivity index (χ3v) is 4.30. The first-order valence-electron chi connectivity index (χ1n) is 7.15. The third kappa shape index (κ3) is 3.45. The lowest BCUT2D eigenvalue weighted by atomic mass is 9.84. The van der Waals surface area contributed by atoms with Crippen molar-refractivity contribution < 1.29 is 9.53 Å². The maximum absolute atomic E-state index is 11.9. The van der Waals surface area contributed by atoms with Crippen LogP contribution in [0.25, 0.3) is 0 Å². The van der Waals surface area contributed by atoms with E-state index in [1.165, 1.54) is 6.42 Å². The highest BCUT2D eigenvalue weighted by Crippen LogP contribution is 2.34. The van der Waals surface area contributed by atoms with Crippen molar-refractivity contribution in [1.29, 1.82) is 0 Å². The summed E-state index contributed by atoms with van der Waals surface area (Å²) >= 11 is 0. The molecule has 2 fully saturated rings. The molecule has 0 aromatic carbocycles. The maximum atomic E-state index is 11.9. The van der Waals surface area contributed by atoms with Crippen molar-refractivity contribution >= 4 is 5.91 Å². The van der Waals surface area contributed by atoms with Crippen molar-refractivity contribution in [3.63, 3.8) is 0 Å². The molecule has 3 atom stereocenters. The number of amides is 1. The molecule has 0 aliphatic carbocycles. The summed E-state index contributed by atoms with van der Waals surface area (Å²) in [4.78, 5) is 11.9. The number of hydrogen-bond acceptors (Lipinski definition) is 3. The molecule has 3 unspecified atom stereocenters. The van der Waals surface area contributed by atoms with Crippen molar-refractivity contribution in [1.82, 2.24) is 5.32 Å². The molecular weight excluding hydrogens is 228 g/mol. The maximum Gasteiger partial charge on any atom is 0.220 e. The quantitative estimate of drug-likeness (QED) is 0.756. The van der Waals surface area contributed by atoms with E-state index in [1.807, 2.05) is 0 Å². The molecule has 3 N–H and O–H groups in total. The molecular formula is C14H26N2O2. The summed E-state index contributed by atoms with van der Waals surface area (Å²) in [7, 11) is 0. The Morgan fingerprint density at radius 2 is 2.17 bits per heavy atom. The van der Waals surface area contributed by atoms with Crippen LogP contribution < -0.4 is 11.1 Å². The Labute approximate surface area is 110 Å². The molecule has 0 aromatic rings. The van der Waals surface area contributed by atoms with Crippen molar-refractivity contribution in [2.75, 3.05) is 6.54 Å². The number of rotatable bonds is 6. The Balaban J connectivity index is 1.69. The molecule has 0 saturated carbocycles. The van der Waals surface area contributed by atoms with Crippen LogP contribution in [0.2, 0.25) is 0 Å². The summed E-state index contributed by atoms with van der Waals surface area (Å²) in [6, 6.07) is 0.258. The fraction of sp³-hybridized carbons (Fsp3) is 0.929. The van der Waals surface area contributed by atoms with E-state index in [-0.39, 0.29) is 23.5 Å². The van der Waals surface area contributed by atoms with Crippen LogP contribution in [0.1, 0.15) is 52.4 Å². The van der Waals surface area contributed by atoms with Gasteiger partial charge in [0.15, 0.2) is 0 Å². The number of hydrogen-bond donors (Lipinski definition) is 2. The number of nitrogens with two attached hydrogens (primary N) is 1. The van der Waals surface area contributed by atoms with Gasteiger partial charge in [0, 0.05) is 6.42 Å². The van der Waals surface area contributed by atoms with E-state index < -0.39 is 0 Å². The van der Waals surface area contributed by atoms with Gasteiger partial charge in [-0.2, -0.15) is 0 Å². The highest BCUT2D eigenvalue weighted by molar-refractivity contribution is 5.76. The molecule has 0 aromatic heterocycles. The van der Waals surface area contributed by atoms with Crippen LogP contribution in [0, 0.1) is 5.41 Å². The van der Waals surface area contributed by atoms with E-state index in [2.05, 4.69) is 19.2 Å². The molecule has 2 heterocycles. The molecule has 2 saturated heterocycles. The van der Waals surface area contributed by atoms with Crippen LogP contribution in [0.5, 0.6) is 0 Å². The van der Waals surface area contributed by atoms with Gasteiger partial charge in [-0.25, -0.2) is 0 Å². The Morgan fingerprint density at radius 3 is 2.72 bits per heavy atom. The zero-order valence-electron chi connectivity index (χ0n) is 11.6. The van der Waals surface area contributed by atoms with Gasteiger partial charge in [-0.3, -0.25) is 4.79 Å². The monoisotopic (exact) mass is 254 g/mol. The lowest BCUT2D eigenvalue weighted by Gasteiger charge is -2.25. The minimum Gasteiger partial charge on any atom is -0.373 e. The van der Waals surface area contributed by atoms with Crippen LogP contribution in [0.15, 0.2) is 0 Å². The second kappa shape index (κ2) is 5.57. The molecule has 0 radical (unpaired) electrons. The summed E-state index contributed by atoms with van der Waals surface area (Å²) in [5.74, 6) is 0.168. The Morgan fingerprint density at radius 1 is 1.39 bits per heavy atom. The number of nitrogens with one attached hydrogen (secondary N) is 1. The average Bonchev–Trinajstić information content (AvgIpc) is 2.88. The molecule has 104 valence electrons. The Bertz CT molecular complexity index is 304. The van der Waals surface area contributed by atoms with Gasteiger partial charge in [0.1, 0.15) is 0 Å². The van der Waals surface area contributed by atoms with Gasteiger partial charge in [0.05, 0.1) is 18.2 Å². The van der Waals surface area contributed by atoms with Gasteiger partial charge < -0.3 is 15.8 Å². The molecule has 2 bridgehead atoms. The fourth-order valence-corrected chi connectivity index (χ4v) is 3.04. The van der Waals surface area contributed by atoms with Crippen LogP contribution in [0.3, 0.4) is 0 Å². The number of fused-ring (bicyclic) bond motifs is 2. The van der Waals surface area contributed by atoms with Gasteiger partial charge in [-0.15, -0.1) is 0 Å². The first-order chi connectivity index (χ1) is 8.50. The summed E-state index contributed by atoms with van der Waals surface area (Å²) in [5, 5.41) is 3.13. The molecule has 0 spiro atoms. The smallest absolute Gasteiger partial charge is 0.220 e. The van der Waals surface area contributed by atoms with Crippen molar-refractivity contribution in [3.8, 4) is 0 Å². The zero-order chi connectivity index (χ0) is 13.2. The standard InChI is InChI=1S/C14H26N2O2/c1-14(2,7-8-15)6-5-13(17)16-11-9-10-3-4-12(11)18-10/h10-12H,3-9,15H2,1-2H3,(H,16,17). The molecule has 4 heteroatoms. The van der Waals surface area contributed by atoms with Crippen LogP contribution in [-0.2, 0) is 9.53 Å². The van der Waals surface area contributed by atoms with Gasteiger partial charge >= 0.3 is 0 Å². The molecule has 2 rings (SSSR count). The molecule has 4 nitrogen and oxygen atoms in total. The van der Waals surface area contributed by atoms with E-state index in [1.54, 1.807) is 0 Å². The van der Waals surface area contributed by atoms with Crippen LogP contribution >= 0.6 is 0 Å². The van der Waals surface area contributed by atoms with E-state index in [4.69, 9.17) is 10.5 Å². The minimum atomic E-state index is 0.164. The van der Waals surface area contributed by atoms with Crippen molar-refractivity contribution in [2.45, 2.75) is 70.6 Å². The second-order valence-electron chi connectivity index (χ2n) is 6.49. The SMILES string of the molecule is CC(C)(CCN)CCC(=O)NC1CC2CCC1O2. The van der Waals surface area contributed by atoms with E-state index >= 15 is 0 Å². The number of carbonyl (C=O) groups is 1. The third-order valence-electron chi connectivity index (χ3n) is 4.30. The number of carbonyl (C=O) groups excluding carboxylic acids is 1. The predicted octanol–water partition coefficient (Wildman–Crippen LogP) is 1.58. The summed E-state index contributed by atoms with van der Waals surface area (Å²) < 4.78 is 5.74. The first-order valence-corrected chi connectivity index (χ1v) is 7.15. The van der Waals surface area contributed by atoms with E-state index in [0.717, 1.165) is 25.7 Å². The normalized spacial score (nSPS) is 30.7. The molecule has 18 heavy (non-hydrogen) atoms. The Hall–Kier alpha value is -0.610. The molecule has 1 amide bonds. The lowest BCUT2D eigenvalue weighted by molar-refractivity contribution is -0.122. The lowest BCUT2D eigenvalue weighted by Crippen LogP contribution is -2.41. The highest BCUT2D eigenvalue weighted by Gasteiger charge is 2.41. The van der Waals surface area contributed by atoms with E-state index in [9.17, 15) is 4.79 Å². The van der Waals surface area contributed by atoms with Gasteiger partial charge in [-0.1, -0.05) is 13.8 Å². The van der Waals surface area contributed by atoms with Crippen molar-refractivity contribution in [2.24, 2.45) is 11.1 Å². The van der Waals surface area contributed by atoms with Crippen LogP contribution in [-0.4, -0.2) is 30.7 Å². The van der Waals surface area contributed by atoms with Crippen molar-refractivity contribution in [3.05, 3.63) is 0 Å². The highest BCUT2D eigenvalue weighted by atomic mass is 16.5. The van der Waals surface area contributed by atoms with Gasteiger partial charge in [0.25, 0.3) is 0 Å². The fourth-order valence-electron chi connectivity index (χ4n) is 3.04. The van der Waals surface area contributed by atoms with Gasteiger partial charge in [-0.05, 0) is 44.1 Å². The summed E-state index contributed by atoms with van der Waals surface area (Å²) in [6.07, 6.45) is 6.41. The van der Waals surface area contributed by atoms with Crippen LogP contribution in [0.4, 0.5) is 0 Å². The topological polar surface area (TPSA) is 64.4 Å². The zero-order valence-corrected chi connectivity index (χ0v) is 11.6. The largest absolute Gasteiger partial charge is 0.373 e.